The number of ether oxygens (including phenoxy) is 1. The third-order valence-corrected chi connectivity index (χ3v) is 5.91. The van der Waals surface area contributed by atoms with Crippen LogP contribution in [0.3, 0.4) is 0 Å². The Balaban J connectivity index is 1.39. The Hall–Kier alpha value is -3.19. The number of piperazine rings is 1. The van der Waals surface area contributed by atoms with E-state index in [1.807, 2.05) is 38.1 Å². The summed E-state index contributed by atoms with van der Waals surface area (Å²) in [7, 11) is 0. The Labute approximate surface area is 187 Å². The zero-order valence-electron chi connectivity index (χ0n) is 18.7. The molecule has 168 valence electrons. The first-order valence-corrected chi connectivity index (χ1v) is 10.8. The second kappa shape index (κ2) is 9.53. The molecule has 2 aromatic carbocycles. The summed E-state index contributed by atoms with van der Waals surface area (Å²) in [5, 5.41) is 4.04. The molecule has 1 saturated heterocycles. The third kappa shape index (κ3) is 4.83. The maximum atomic E-state index is 13.4. The molecule has 0 radical (unpaired) electrons. The highest BCUT2D eigenvalue weighted by molar-refractivity contribution is 5.93. The van der Waals surface area contributed by atoms with E-state index in [-0.39, 0.29) is 18.3 Å². The van der Waals surface area contributed by atoms with Crippen LogP contribution in [0.2, 0.25) is 0 Å². The van der Waals surface area contributed by atoms with E-state index < -0.39 is 0 Å². The van der Waals surface area contributed by atoms with Crippen molar-refractivity contribution in [3.63, 3.8) is 0 Å². The van der Waals surface area contributed by atoms with Crippen molar-refractivity contribution < 1.29 is 18.4 Å². The molecule has 1 aliphatic rings. The van der Waals surface area contributed by atoms with Crippen molar-refractivity contribution in [2.45, 2.75) is 33.9 Å². The van der Waals surface area contributed by atoms with Gasteiger partial charge < -0.3 is 14.2 Å². The van der Waals surface area contributed by atoms with Gasteiger partial charge in [-0.1, -0.05) is 35.5 Å². The molecule has 0 bridgehead atoms. The van der Waals surface area contributed by atoms with E-state index >= 15 is 0 Å². The van der Waals surface area contributed by atoms with Crippen LogP contribution in [0.1, 0.15) is 38.5 Å². The van der Waals surface area contributed by atoms with Crippen LogP contribution in [0.25, 0.3) is 0 Å². The van der Waals surface area contributed by atoms with Gasteiger partial charge in [-0.3, -0.25) is 9.69 Å². The number of aryl methyl sites for hydroxylation is 3. The van der Waals surface area contributed by atoms with Crippen molar-refractivity contribution >= 4 is 5.91 Å². The summed E-state index contributed by atoms with van der Waals surface area (Å²) in [6, 6.07) is 12.6. The Kier molecular flexibility index (Phi) is 6.55. The molecule has 7 heteroatoms. The van der Waals surface area contributed by atoms with Crippen molar-refractivity contribution in [2.24, 2.45) is 0 Å². The van der Waals surface area contributed by atoms with Gasteiger partial charge in [-0.25, -0.2) is 4.39 Å². The molecule has 0 N–H and O–H groups in total. The topological polar surface area (TPSA) is 58.8 Å². The van der Waals surface area contributed by atoms with Gasteiger partial charge in [0.15, 0.2) is 5.69 Å². The molecule has 0 saturated carbocycles. The number of halogens is 1. The first-order valence-electron chi connectivity index (χ1n) is 10.8. The summed E-state index contributed by atoms with van der Waals surface area (Å²) in [5.74, 6) is 1.03. The average molecular weight is 438 g/mol. The van der Waals surface area contributed by atoms with E-state index in [9.17, 15) is 9.18 Å². The van der Waals surface area contributed by atoms with Gasteiger partial charge in [0.25, 0.3) is 5.91 Å². The largest absolute Gasteiger partial charge is 0.488 e. The number of amides is 1. The predicted octanol–water partition coefficient (Wildman–Crippen LogP) is 4.28. The summed E-state index contributed by atoms with van der Waals surface area (Å²) >= 11 is 0. The van der Waals surface area contributed by atoms with E-state index in [0.29, 0.717) is 49.7 Å². The normalized spacial score (nSPS) is 14.6. The Morgan fingerprint density at radius 3 is 2.44 bits per heavy atom. The number of carbonyl (C=O) groups is 1. The van der Waals surface area contributed by atoms with Crippen LogP contribution in [0.4, 0.5) is 4.39 Å². The monoisotopic (exact) mass is 437 g/mol. The van der Waals surface area contributed by atoms with Crippen molar-refractivity contribution in [1.29, 1.82) is 0 Å². The summed E-state index contributed by atoms with van der Waals surface area (Å²) < 4.78 is 24.8. The van der Waals surface area contributed by atoms with Crippen molar-refractivity contribution in [2.75, 3.05) is 26.2 Å². The van der Waals surface area contributed by atoms with E-state index in [2.05, 4.69) is 10.1 Å². The zero-order valence-corrected chi connectivity index (χ0v) is 18.7. The average Bonchev–Trinajstić information content (AvgIpc) is 3.14. The fraction of sp³-hybridized carbons (Fsp3) is 0.360. The lowest BCUT2D eigenvalue weighted by molar-refractivity contribution is 0.0616. The van der Waals surface area contributed by atoms with Gasteiger partial charge in [0, 0.05) is 32.7 Å². The molecule has 2 heterocycles. The number of benzene rings is 2. The molecule has 32 heavy (non-hydrogen) atoms. The molecule has 4 rings (SSSR count). The Bertz CT molecular complexity index is 1080. The summed E-state index contributed by atoms with van der Waals surface area (Å²) in [6.07, 6.45) is 0. The van der Waals surface area contributed by atoms with E-state index in [4.69, 9.17) is 9.26 Å². The fourth-order valence-electron chi connectivity index (χ4n) is 4.05. The van der Waals surface area contributed by atoms with Gasteiger partial charge in [-0.2, -0.15) is 0 Å². The smallest absolute Gasteiger partial charge is 0.276 e. The molecule has 1 fully saturated rings. The van der Waals surface area contributed by atoms with Crippen LogP contribution in [0, 0.1) is 26.6 Å². The molecule has 1 aliphatic heterocycles. The number of nitrogens with zero attached hydrogens (tertiary/aromatic N) is 3. The molecule has 0 unspecified atom stereocenters. The van der Waals surface area contributed by atoms with E-state index in [0.717, 1.165) is 22.4 Å². The molecule has 0 aliphatic carbocycles. The lowest BCUT2D eigenvalue weighted by Gasteiger charge is -2.34. The molecule has 1 aromatic heterocycles. The van der Waals surface area contributed by atoms with Gasteiger partial charge in [0.05, 0.1) is 5.56 Å². The van der Waals surface area contributed by atoms with Crippen molar-refractivity contribution in [1.82, 2.24) is 15.0 Å². The lowest BCUT2D eigenvalue weighted by atomic mass is 10.1. The molecule has 3 aromatic rings. The van der Waals surface area contributed by atoms with Crippen molar-refractivity contribution in [3.05, 3.63) is 82.0 Å². The van der Waals surface area contributed by atoms with Crippen LogP contribution < -0.4 is 4.74 Å². The summed E-state index contributed by atoms with van der Waals surface area (Å²) in [6.45, 7) is 9.27. The molecular formula is C25H28FN3O3. The van der Waals surface area contributed by atoms with E-state index in [1.54, 1.807) is 24.0 Å². The quantitative estimate of drug-likeness (QED) is 0.576. The van der Waals surface area contributed by atoms with Gasteiger partial charge in [-0.15, -0.1) is 0 Å². The predicted molar refractivity (Wildman–Crippen MR) is 119 cm³/mol. The van der Waals surface area contributed by atoms with Gasteiger partial charge in [0.1, 0.15) is 23.9 Å². The lowest BCUT2D eigenvalue weighted by Crippen LogP contribution is -2.48. The second-order valence-corrected chi connectivity index (χ2v) is 8.27. The maximum Gasteiger partial charge on any atom is 0.276 e. The molecule has 6 nitrogen and oxygen atoms in total. The molecule has 0 atom stereocenters. The highest BCUT2D eigenvalue weighted by atomic mass is 19.1. The number of rotatable bonds is 6. The number of hydrogen-bond acceptors (Lipinski definition) is 5. The van der Waals surface area contributed by atoms with Crippen LogP contribution in [-0.2, 0) is 13.2 Å². The first kappa shape index (κ1) is 22.0. The summed E-state index contributed by atoms with van der Waals surface area (Å²) in [5.41, 5.74) is 4.01. The first-order chi connectivity index (χ1) is 15.4. The number of carbonyl (C=O) groups excluding carboxylic acids is 1. The number of para-hydroxylation sites is 1. The fourth-order valence-corrected chi connectivity index (χ4v) is 4.05. The SMILES string of the molecule is Cc1cccc(C)c1OCc1c(C(=O)N2CCN(Cc3cccc(F)c3)CC2)noc1C. The maximum absolute atomic E-state index is 13.4. The van der Waals surface area contributed by atoms with Crippen LogP contribution in [0.5, 0.6) is 5.75 Å². The summed E-state index contributed by atoms with van der Waals surface area (Å²) in [4.78, 5) is 17.2. The van der Waals surface area contributed by atoms with Crippen LogP contribution >= 0.6 is 0 Å². The third-order valence-electron chi connectivity index (χ3n) is 5.91. The highest BCUT2D eigenvalue weighted by Crippen LogP contribution is 2.25. The zero-order chi connectivity index (χ0) is 22.7. The minimum absolute atomic E-state index is 0.146. The van der Waals surface area contributed by atoms with Crippen LogP contribution in [-0.4, -0.2) is 47.0 Å². The van der Waals surface area contributed by atoms with E-state index in [1.165, 1.54) is 6.07 Å². The number of hydrogen-bond donors (Lipinski definition) is 0. The highest BCUT2D eigenvalue weighted by Gasteiger charge is 2.28. The van der Waals surface area contributed by atoms with Gasteiger partial charge >= 0.3 is 0 Å². The Morgan fingerprint density at radius 2 is 1.75 bits per heavy atom. The van der Waals surface area contributed by atoms with Gasteiger partial charge in [0.2, 0.25) is 0 Å². The van der Waals surface area contributed by atoms with Gasteiger partial charge in [-0.05, 0) is 49.6 Å². The van der Waals surface area contributed by atoms with Crippen LogP contribution in [0.15, 0.2) is 47.0 Å². The molecule has 1 amide bonds. The molecular weight excluding hydrogens is 409 g/mol. The van der Waals surface area contributed by atoms with Crippen molar-refractivity contribution in [3.8, 4) is 5.75 Å². The molecule has 0 spiro atoms. The minimum Gasteiger partial charge on any atom is -0.488 e. The second-order valence-electron chi connectivity index (χ2n) is 8.27. The Morgan fingerprint density at radius 1 is 1.06 bits per heavy atom. The standard InChI is InChI=1S/C25H28FN3O3/c1-17-6-4-7-18(2)24(17)31-16-22-19(3)32-27-23(22)25(30)29-12-10-28(11-13-29)15-20-8-5-9-21(26)14-20/h4-9,14H,10-13,15-16H2,1-3H3. The number of aromatic nitrogens is 1. The minimum atomic E-state index is -0.228.